The standard InChI is InChI=1S/C12H25N3O/c1-12(13-2)6-9-15(10-7-12)11(16)5-8-14(3)4/h13H,5-10H2,1-4H3. The smallest absolute Gasteiger partial charge is 0.223 e. The summed E-state index contributed by atoms with van der Waals surface area (Å²) in [5.41, 5.74) is 0.221. The first-order valence-corrected chi connectivity index (χ1v) is 6.08. The van der Waals surface area contributed by atoms with E-state index in [0.717, 1.165) is 32.5 Å². The number of likely N-dealkylation sites (tertiary alicyclic amines) is 1. The summed E-state index contributed by atoms with van der Waals surface area (Å²) < 4.78 is 0. The fraction of sp³-hybridized carbons (Fsp3) is 0.917. The molecular formula is C12H25N3O. The van der Waals surface area contributed by atoms with E-state index < -0.39 is 0 Å². The Bertz CT molecular complexity index is 232. The fourth-order valence-corrected chi connectivity index (χ4v) is 1.98. The van der Waals surface area contributed by atoms with Crippen LogP contribution < -0.4 is 5.32 Å². The molecule has 0 aromatic carbocycles. The van der Waals surface area contributed by atoms with Gasteiger partial charge >= 0.3 is 0 Å². The molecule has 0 atom stereocenters. The minimum absolute atomic E-state index is 0.221. The Morgan fingerprint density at radius 2 is 1.94 bits per heavy atom. The van der Waals surface area contributed by atoms with E-state index in [1.54, 1.807) is 0 Å². The third-order valence-electron chi connectivity index (χ3n) is 3.60. The van der Waals surface area contributed by atoms with E-state index in [2.05, 4.69) is 17.1 Å². The predicted octanol–water partition coefficient (Wildman–Crippen LogP) is 0.539. The van der Waals surface area contributed by atoms with Gasteiger partial charge in [0.25, 0.3) is 0 Å². The number of nitrogens with zero attached hydrogens (tertiary/aromatic N) is 2. The van der Waals surface area contributed by atoms with Crippen LogP contribution in [0.15, 0.2) is 0 Å². The van der Waals surface area contributed by atoms with Crippen molar-refractivity contribution in [1.82, 2.24) is 15.1 Å². The summed E-state index contributed by atoms with van der Waals surface area (Å²) in [7, 11) is 6.01. The molecule has 0 saturated carbocycles. The Hall–Kier alpha value is -0.610. The summed E-state index contributed by atoms with van der Waals surface area (Å²) >= 11 is 0. The van der Waals surface area contributed by atoms with Gasteiger partial charge in [-0.2, -0.15) is 0 Å². The van der Waals surface area contributed by atoms with Crippen LogP contribution in [-0.2, 0) is 4.79 Å². The molecule has 0 unspecified atom stereocenters. The second-order valence-corrected chi connectivity index (χ2v) is 5.24. The van der Waals surface area contributed by atoms with Crippen LogP contribution in [0, 0.1) is 0 Å². The van der Waals surface area contributed by atoms with Gasteiger partial charge in [-0.05, 0) is 40.9 Å². The second-order valence-electron chi connectivity index (χ2n) is 5.24. The van der Waals surface area contributed by atoms with Crippen molar-refractivity contribution in [2.24, 2.45) is 0 Å². The number of hydrogen-bond donors (Lipinski definition) is 1. The summed E-state index contributed by atoms with van der Waals surface area (Å²) in [5, 5.41) is 3.34. The minimum atomic E-state index is 0.221. The second kappa shape index (κ2) is 5.64. The first kappa shape index (κ1) is 13.5. The molecule has 1 saturated heterocycles. The van der Waals surface area contributed by atoms with Crippen molar-refractivity contribution in [2.75, 3.05) is 40.8 Å². The van der Waals surface area contributed by atoms with Gasteiger partial charge in [-0.1, -0.05) is 0 Å². The highest BCUT2D eigenvalue weighted by Crippen LogP contribution is 2.21. The lowest BCUT2D eigenvalue weighted by atomic mass is 9.90. The first-order valence-electron chi connectivity index (χ1n) is 6.08. The van der Waals surface area contributed by atoms with Crippen molar-refractivity contribution in [3.63, 3.8) is 0 Å². The lowest BCUT2D eigenvalue weighted by molar-refractivity contribution is -0.133. The van der Waals surface area contributed by atoms with Crippen molar-refractivity contribution >= 4 is 5.91 Å². The van der Waals surface area contributed by atoms with E-state index >= 15 is 0 Å². The van der Waals surface area contributed by atoms with Gasteiger partial charge in [0.2, 0.25) is 5.91 Å². The van der Waals surface area contributed by atoms with E-state index in [0.29, 0.717) is 12.3 Å². The topological polar surface area (TPSA) is 35.6 Å². The van der Waals surface area contributed by atoms with Gasteiger partial charge in [-0.25, -0.2) is 0 Å². The van der Waals surface area contributed by atoms with Crippen LogP contribution in [0.4, 0.5) is 0 Å². The molecule has 0 aromatic rings. The van der Waals surface area contributed by atoms with Crippen molar-refractivity contribution in [3.05, 3.63) is 0 Å². The molecule has 0 aromatic heterocycles. The maximum atomic E-state index is 11.9. The molecule has 1 aliphatic rings. The van der Waals surface area contributed by atoms with E-state index in [1.807, 2.05) is 26.0 Å². The van der Waals surface area contributed by atoms with Gasteiger partial charge in [0.15, 0.2) is 0 Å². The Morgan fingerprint density at radius 3 is 2.38 bits per heavy atom. The molecule has 1 aliphatic heterocycles. The van der Waals surface area contributed by atoms with Gasteiger partial charge < -0.3 is 15.1 Å². The number of hydrogen-bond acceptors (Lipinski definition) is 3. The van der Waals surface area contributed by atoms with Crippen molar-refractivity contribution in [1.29, 1.82) is 0 Å². The average Bonchev–Trinajstić information content (AvgIpc) is 2.27. The molecular weight excluding hydrogens is 202 g/mol. The van der Waals surface area contributed by atoms with Crippen molar-refractivity contribution in [2.45, 2.75) is 31.7 Å². The first-order chi connectivity index (χ1) is 7.47. The van der Waals surface area contributed by atoms with Crippen molar-refractivity contribution in [3.8, 4) is 0 Å². The van der Waals surface area contributed by atoms with Crippen LogP contribution in [0.1, 0.15) is 26.2 Å². The Morgan fingerprint density at radius 1 is 1.38 bits per heavy atom. The molecule has 4 heteroatoms. The maximum Gasteiger partial charge on any atom is 0.223 e. The molecule has 1 N–H and O–H groups in total. The minimum Gasteiger partial charge on any atom is -0.343 e. The third-order valence-corrected chi connectivity index (χ3v) is 3.60. The highest BCUT2D eigenvalue weighted by molar-refractivity contribution is 5.76. The summed E-state index contributed by atoms with van der Waals surface area (Å²) in [6.07, 6.45) is 2.75. The van der Waals surface area contributed by atoms with Crippen LogP contribution in [0.3, 0.4) is 0 Å². The van der Waals surface area contributed by atoms with Gasteiger partial charge in [0.05, 0.1) is 0 Å². The molecule has 1 amide bonds. The van der Waals surface area contributed by atoms with E-state index in [-0.39, 0.29) is 5.54 Å². The number of nitrogens with one attached hydrogen (secondary N) is 1. The zero-order valence-electron chi connectivity index (χ0n) is 11.0. The molecule has 0 aliphatic carbocycles. The SMILES string of the molecule is CNC1(C)CCN(C(=O)CCN(C)C)CC1. The average molecular weight is 227 g/mol. The molecule has 4 nitrogen and oxygen atoms in total. The zero-order valence-corrected chi connectivity index (χ0v) is 11.0. The van der Waals surface area contributed by atoms with Gasteiger partial charge in [-0.3, -0.25) is 4.79 Å². The molecule has 1 fully saturated rings. The van der Waals surface area contributed by atoms with E-state index in [1.165, 1.54) is 0 Å². The molecule has 1 heterocycles. The highest BCUT2D eigenvalue weighted by atomic mass is 16.2. The predicted molar refractivity (Wildman–Crippen MR) is 66.4 cm³/mol. The zero-order chi connectivity index (χ0) is 12.2. The number of piperidine rings is 1. The fourth-order valence-electron chi connectivity index (χ4n) is 1.98. The van der Waals surface area contributed by atoms with Crippen LogP contribution in [0.25, 0.3) is 0 Å². The van der Waals surface area contributed by atoms with Crippen LogP contribution in [0.5, 0.6) is 0 Å². The molecule has 16 heavy (non-hydrogen) atoms. The van der Waals surface area contributed by atoms with E-state index in [4.69, 9.17) is 0 Å². The van der Waals surface area contributed by atoms with Gasteiger partial charge in [-0.15, -0.1) is 0 Å². The molecule has 1 rings (SSSR count). The third kappa shape index (κ3) is 3.76. The Kier molecular flexibility index (Phi) is 4.74. The van der Waals surface area contributed by atoms with Crippen LogP contribution in [0.2, 0.25) is 0 Å². The highest BCUT2D eigenvalue weighted by Gasteiger charge is 2.29. The molecule has 0 spiro atoms. The summed E-state index contributed by atoms with van der Waals surface area (Å²) in [5.74, 6) is 0.298. The summed E-state index contributed by atoms with van der Waals surface area (Å²) in [6, 6.07) is 0. The monoisotopic (exact) mass is 227 g/mol. The van der Waals surface area contributed by atoms with Crippen molar-refractivity contribution < 1.29 is 4.79 Å². The normalized spacial score (nSPS) is 20.2. The number of rotatable bonds is 4. The van der Waals surface area contributed by atoms with Gasteiger partial charge in [0, 0.05) is 31.6 Å². The Balaban J connectivity index is 2.33. The molecule has 0 radical (unpaired) electrons. The largest absolute Gasteiger partial charge is 0.343 e. The Labute approximate surface area is 99.0 Å². The van der Waals surface area contributed by atoms with Crippen LogP contribution >= 0.6 is 0 Å². The molecule has 0 bridgehead atoms. The lowest BCUT2D eigenvalue weighted by Crippen LogP contribution is -2.51. The number of carbonyl (C=O) groups excluding carboxylic acids is 1. The number of carbonyl (C=O) groups is 1. The molecule has 94 valence electrons. The summed E-state index contributed by atoms with van der Waals surface area (Å²) in [6.45, 7) is 4.86. The van der Waals surface area contributed by atoms with Crippen LogP contribution in [-0.4, -0.2) is 62.0 Å². The summed E-state index contributed by atoms with van der Waals surface area (Å²) in [4.78, 5) is 15.9. The quantitative estimate of drug-likeness (QED) is 0.761. The number of amides is 1. The van der Waals surface area contributed by atoms with E-state index in [9.17, 15) is 4.79 Å². The maximum absolute atomic E-state index is 11.9. The lowest BCUT2D eigenvalue weighted by Gasteiger charge is -2.39. The van der Waals surface area contributed by atoms with Gasteiger partial charge in [0.1, 0.15) is 0 Å².